The van der Waals surface area contributed by atoms with Crippen LogP contribution >= 0.6 is 11.6 Å². The van der Waals surface area contributed by atoms with Crippen molar-refractivity contribution in [3.63, 3.8) is 0 Å². The fraction of sp³-hybridized carbons (Fsp3) is 0.647. The van der Waals surface area contributed by atoms with Gasteiger partial charge in [0.25, 0.3) is 0 Å². The minimum absolute atomic E-state index is 0.340. The van der Waals surface area contributed by atoms with Crippen molar-refractivity contribution >= 4 is 17.3 Å². The maximum Gasteiger partial charge on any atom is 0.0642 e. The highest BCUT2D eigenvalue weighted by atomic mass is 35.5. The van der Waals surface area contributed by atoms with Crippen LogP contribution in [0.3, 0.4) is 0 Å². The van der Waals surface area contributed by atoms with E-state index < -0.39 is 0 Å². The molecule has 1 N–H and O–H groups in total. The summed E-state index contributed by atoms with van der Waals surface area (Å²) in [6.07, 6.45) is 0. The first-order valence-corrected chi connectivity index (χ1v) is 8.31. The van der Waals surface area contributed by atoms with Crippen molar-refractivity contribution in [1.29, 1.82) is 0 Å². The van der Waals surface area contributed by atoms with Crippen LogP contribution in [0.25, 0.3) is 0 Å². The molecule has 118 valence electrons. The van der Waals surface area contributed by atoms with Gasteiger partial charge in [-0.25, -0.2) is 0 Å². The fourth-order valence-electron chi connectivity index (χ4n) is 3.07. The molecular formula is C17H28ClN3. The topological polar surface area (TPSA) is 18.5 Å². The lowest BCUT2D eigenvalue weighted by Crippen LogP contribution is -2.55. The van der Waals surface area contributed by atoms with Crippen molar-refractivity contribution in [2.24, 2.45) is 0 Å². The summed E-state index contributed by atoms with van der Waals surface area (Å²) < 4.78 is 0. The zero-order valence-electron chi connectivity index (χ0n) is 13.9. The molecule has 0 amide bonds. The second-order valence-corrected chi connectivity index (χ2v) is 6.67. The van der Waals surface area contributed by atoms with Gasteiger partial charge in [-0.15, -0.1) is 0 Å². The van der Waals surface area contributed by atoms with Gasteiger partial charge in [-0.1, -0.05) is 24.6 Å². The highest BCUT2D eigenvalue weighted by molar-refractivity contribution is 6.33. The standard InChI is InChI=1S/C17H28ClN3/c1-6-19-14(4)15-7-8-17(16(18)9-15)21-10-12(2)20(5)13(3)11-21/h7-9,12-14,19H,6,10-11H2,1-5H3. The maximum atomic E-state index is 6.56. The van der Waals surface area contributed by atoms with Crippen LogP contribution < -0.4 is 10.2 Å². The number of nitrogens with one attached hydrogen (secondary N) is 1. The number of halogens is 1. The summed E-state index contributed by atoms with van der Waals surface area (Å²) >= 11 is 6.56. The molecule has 1 saturated heterocycles. The second kappa shape index (κ2) is 6.99. The van der Waals surface area contributed by atoms with Crippen LogP contribution in [0.5, 0.6) is 0 Å². The average Bonchev–Trinajstić information content (AvgIpc) is 2.44. The number of hydrogen-bond donors (Lipinski definition) is 1. The van der Waals surface area contributed by atoms with Crippen LogP contribution in [-0.2, 0) is 0 Å². The molecule has 3 atom stereocenters. The Morgan fingerprint density at radius 3 is 2.43 bits per heavy atom. The van der Waals surface area contributed by atoms with E-state index in [4.69, 9.17) is 11.6 Å². The van der Waals surface area contributed by atoms with Crippen LogP contribution in [0.2, 0.25) is 5.02 Å². The monoisotopic (exact) mass is 309 g/mol. The van der Waals surface area contributed by atoms with E-state index in [1.807, 2.05) is 0 Å². The maximum absolute atomic E-state index is 6.56. The van der Waals surface area contributed by atoms with Crippen LogP contribution in [0.4, 0.5) is 5.69 Å². The van der Waals surface area contributed by atoms with Crippen molar-refractivity contribution in [3.05, 3.63) is 28.8 Å². The second-order valence-electron chi connectivity index (χ2n) is 6.26. The lowest BCUT2D eigenvalue weighted by Gasteiger charge is -2.43. The number of hydrogen-bond acceptors (Lipinski definition) is 3. The first-order chi connectivity index (χ1) is 9.93. The molecule has 3 unspecified atom stereocenters. The number of likely N-dealkylation sites (N-methyl/N-ethyl adjacent to an activating group) is 1. The summed E-state index contributed by atoms with van der Waals surface area (Å²) in [5.41, 5.74) is 2.41. The lowest BCUT2D eigenvalue weighted by atomic mass is 10.1. The van der Waals surface area contributed by atoms with Gasteiger partial charge in [-0.3, -0.25) is 4.90 Å². The molecule has 4 heteroatoms. The summed E-state index contributed by atoms with van der Waals surface area (Å²) in [7, 11) is 2.20. The molecule has 1 aliphatic rings. The molecule has 0 aliphatic carbocycles. The molecule has 1 fully saturated rings. The Balaban J connectivity index is 2.17. The Hall–Kier alpha value is -0.770. The predicted octanol–water partition coefficient (Wildman–Crippen LogP) is 3.54. The number of nitrogens with zero attached hydrogens (tertiary/aromatic N) is 2. The van der Waals surface area contributed by atoms with Gasteiger partial charge in [0.15, 0.2) is 0 Å². The van der Waals surface area contributed by atoms with Crippen LogP contribution in [0.1, 0.15) is 39.3 Å². The molecule has 0 spiro atoms. The molecule has 0 radical (unpaired) electrons. The van der Waals surface area contributed by atoms with Crippen molar-refractivity contribution < 1.29 is 0 Å². The van der Waals surface area contributed by atoms with E-state index in [1.165, 1.54) is 5.56 Å². The number of piperazine rings is 1. The van der Waals surface area contributed by atoms with Crippen LogP contribution in [-0.4, -0.2) is 43.7 Å². The summed E-state index contributed by atoms with van der Waals surface area (Å²) in [5.74, 6) is 0. The van der Waals surface area contributed by atoms with Gasteiger partial charge in [0, 0.05) is 31.2 Å². The van der Waals surface area contributed by atoms with Gasteiger partial charge in [0.1, 0.15) is 0 Å². The van der Waals surface area contributed by atoms with E-state index in [0.29, 0.717) is 18.1 Å². The first-order valence-electron chi connectivity index (χ1n) is 7.93. The molecule has 1 aromatic rings. The molecule has 2 rings (SSSR count). The quantitative estimate of drug-likeness (QED) is 0.918. The van der Waals surface area contributed by atoms with Crippen molar-refractivity contribution in [2.45, 2.75) is 45.8 Å². The largest absolute Gasteiger partial charge is 0.367 e. The summed E-state index contributed by atoms with van der Waals surface area (Å²) in [6.45, 7) is 11.9. The zero-order chi connectivity index (χ0) is 15.6. The molecule has 0 aromatic heterocycles. The Morgan fingerprint density at radius 1 is 1.29 bits per heavy atom. The lowest BCUT2D eigenvalue weighted by molar-refractivity contribution is 0.170. The molecule has 0 saturated carbocycles. The summed E-state index contributed by atoms with van der Waals surface area (Å²) in [5, 5.41) is 4.29. The number of rotatable bonds is 4. The Morgan fingerprint density at radius 2 is 1.90 bits per heavy atom. The smallest absolute Gasteiger partial charge is 0.0642 e. The van der Waals surface area contributed by atoms with Crippen molar-refractivity contribution in [2.75, 3.05) is 31.6 Å². The third kappa shape index (κ3) is 3.71. The molecular weight excluding hydrogens is 282 g/mol. The average molecular weight is 310 g/mol. The molecule has 3 nitrogen and oxygen atoms in total. The van der Waals surface area contributed by atoms with Gasteiger partial charge < -0.3 is 10.2 Å². The first kappa shape index (κ1) is 16.6. The fourth-order valence-corrected chi connectivity index (χ4v) is 3.38. The minimum Gasteiger partial charge on any atom is -0.367 e. The van der Waals surface area contributed by atoms with E-state index in [9.17, 15) is 0 Å². The van der Waals surface area contributed by atoms with Gasteiger partial charge in [0.05, 0.1) is 10.7 Å². The minimum atomic E-state index is 0.340. The predicted molar refractivity (Wildman–Crippen MR) is 92.4 cm³/mol. The summed E-state index contributed by atoms with van der Waals surface area (Å²) in [4.78, 5) is 4.85. The summed E-state index contributed by atoms with van der Waals surface area (Å²) in [6, 6.07) is 7.92. The number of anilines is 1. The zero-order valence-corrected chi connectivity index (χ0v) is 14.6. The van der Waals surface area contributed by atoms with Gasteiger partial charge in [-0.2, -0.15) is 0 Å². The molecule has 21 heavy (non-hydrogen) atoms. The van der Waals surface area contributed by atoms with Crippen LogP contribution in [0.15, 0.2) is 18.2 Å². The molecule has 1 aliphatic heterocycles. The molecule has 0 bridgehead atoms. The van der Waals surface area contributed by atoms with Gasteiger partial charge in [0.2, 0.25) is 0 Å². The number of benzene rings is 1. The molecule has 1 heterocycles. The van der Waals surface area contributed by atoms with Gasteiger partial charge in [-0.05, 0) is 52.1 Å². The highest BCUT2D eigenvalue weighted by Gasteiger charge is 2.27. The van der Waals surface area contributed by atoms with E-state index in [0.717, 1.165) is 30.3 Å². The van der Waals surface area contributed by atoms with Crippen LogP contribution in [0, 0.1) is 0 Å². The Bertz CT molecular complexity index is 465. The Kier molecular flexibility index (Phi) is 5.53. The van der Waals surface area contributed by atoms with Crippen molar-refractivity contribution in [3.8, 4) is 0 Å². The third-order valence-electron chi connectivity index (χ3n) is 4.68. The van der Waals surface area contributed by atoms with E-state index in [1.54, 1.807) is 0 Å². The highest BCUT2D eigenvalue weighted by Crippen LogP contribution is 2.31. The van der Waals surface area contributed by atoms with E-state index >= 15 is 0 Å². The molecule has 1 aromatic carbocycles. The van der Waals surface area contributed by atoms with Gasteiger partial charge >= 0.3 is 0 Å². The third-order valence-corrected chi connectivity index (χ3v) is 4.99. The normalized spacial score (nSPS) is 25.1. The SMILES string of the molecule is CCNC(C)c1ccc(N2CC(C)N(C)C(C)C2)c(Cl)c1. The van der Waals surface area contributed by atoms with E-state index in [2.05, 4.69) is 68.1 Å². The van der Waals surface area contributed by atoms with E-state index in [-0.39, 0.29) is 0 Å². The van der Waals surface area contributed by atoms with Crippen molar-refractivity contribution in [1.82, 2.24) is 10.2 Å². The Labute approximate surface area is 134 Å².